The van der Waals surface area contributed by atoms with Crippen LogP contribution in [0.4, 0.5) is 4.79 Å². The molecule has 0 spiro atoms. The van der Waals surface area contributed by atoms with E-state index in [1.54, 1.807) is 6.92 Å². The molecule has 0 aromatic carbocycles. The van der Waals surface area contributed by atoms with Crippen molar-refractivity contribution in [3.8, 4) is 0 Å². The lowest BCUT2D eigenvalue weighted by Gasteiger charge is -2.19. The molecule has 3 atom stereocenters. The minimum absolute atomic E-state index is 0.114. The predicted molar refractivity (Wildman–Crippen MR) is 154 cm³/mol. The number of hydrogen-bond acceptors (Lipinski definition) is 6. The molecular formula is C28H57O6PS. The Labute approximate surface area is 226 Å². The number of ether oxygens (including phenoxy) is 2. The summed E-state index contributed by atoms with van der Waals surface area (Å²) in [5.41, 5.74) is -1.24. The first-order chi connectivity index (χ1) is 17.4. The van der Waals surface area contributed by atoms with Crippen LogP contribution < -0.4 is 0 Å². The van der Waals surface area contributed by atoms with Crippen molar-refractivity contribution >= 4 is 25.1 Å². The maximum atomic E-state index is 11.7. The van der Waals surface area contributed by atoms with Crippen LogP contribution in [0, 0.1) is 0 Å². The molecule has 0 radical (unpaired) electrons. The minimum Gasteiger partial charge on any atom is -0.460 e. The third-order valence-electron chi connectivity index (χ3n) is 6.46. The average Bonchev–Trinajstić information content (AvgIpc) is 2.87. The van der Waals surface area contributed by atoms with Gasteiger partial charge in [-0.2, -0.15) is 11.8 Å². The third-order valence-corrected chi connectivity index (χ3v) is 9.07. The van der Waals surface area contributed by atoms with Crippen LogP contribution in [0.15, 0.2) is 0 Å². The summed E-state index contributed by atoms with van der Waals surface area (Å²) in [5, 5.41) is 0.585. The van der Waals surface area contributed by atoms with Gasteiger partial charge in [0.05, 0.1) is 19.8 Å². The van der Waals surface area contributed by atoms with E-state index in [0.29, 0.717) is 11.9 Å². The number of unbranched alkanes of at least 4 members (excludes halogenated alkanes) is 14. The first-order valence-corrected chi connectivity index (χ1v) is 17.3. The number of methoxy groups -OCH3 is 1. The molecule has 0 amide bonds. The molecule has 1 N–H and O–H groups in total. The molecule has 0 aliphatic carbocycles. The molecule has 0 heterocycles. The standard InChI is InChI=1S/C28H57O6PS/c1-5-7-9-11-13-14-15-16-18-20-24-36-27(21-19-17-12-10-8-6-2)22-23-33-26(3)25-34-35(30,31)28(29)32-4/h26-27H,5-25H2,1-4H3,(H,30,31). The molecule has 0 aromatic rings. The van der Waals surface area contributed by atoms with Gasteiger partial charge in [-0.3, -0.25) is 4.52 Å². The third kappa shape index (κ3) is 22.0. The Morgan fingerprint density at radius 3 is 1.83 bits per heavy atom. The van der Waals surface area contributed by atoms with Crippen LogP contribution >= 0.6 is 19.4 Å². The summed E-state index contributed by atoms with van der Waals surface area (Å²) in [4.78, 5) is 20.8. The van der Waals surface area contributed by atoms with Gasteiger partial charge in [-0.05, 0) is 31.9 Å². The van der Waals surface area contributed by atoms with Crippen molar-refractivity contribution in [1.29, 1.82) is 0 Å². The van der Waals surface area contributed by atoms with E-state index in [9.17, 15) is 14.3 Å². The highest BCUT2D eigenvalue weighted by Gasteiger charge is 2.32. The van der Waals surface area contributed by atoms with E-state index in [1.165, 1.54) is 115 Å². The van der Waals surface area contributed by atoms with E-state index < -0.39 is 13.3 Å². The number of carbonyl (C=O) groups excluding carboxylic acids is 1. The average molecular weight is 553 g/mol. The van der Waals surface area contributed by atoms with Crippen LogP contribution in [0.2, 0.25) is 0 Å². The van der Waals surface area contributed by atoms with Crippen molar-refractivity contribution in [3.63, 3.8) is 0 Å². The Kier molecular flexibility index (Phi) is 25.2. The molecular weight excluding hydrogens is 495 g/mol. The van der Waals surface area contributed by atoms with Gasteiger partial charge in [0.2, 0.25) is 0 Å². The van der Waals surface area contributed by atoms with Crippen molar-refractivity contribution in [2.24, 2.45) is 0 Å². The molecule has 0 aliphatic rings. The van der Waals surface area contributed by atoms with Gasteiger partial charge in [-0.1, -0.05) is 110 Å². The summed E-state index contributed by atoms with van der Waals surface area (Å²) in [6.45, 7) is 6.78. The molecule has 0 fully saturated rings. The zero-order valence-corrected chi connectivity index (χ0v) is 25.6. The van der Waals surface area contributed by atoms with Crippen LogP contribution in [0.1, 0.15) is 136 Å². The zero-order valence-electron chi connectivity index (χ0n) is 23.8. The number of thioether (sulfide) groups is 1. The normalized spacial score (nSPS) is 14.9. The summed E-state index contributed by atoms with van der Waals surface area (Å²) < 4.78 is 26.7. The fraction of sp³-hybridized carbons (Fsp3) is 0.964. The van der Waals surface area contributed by atoms with Crippen molar-refractivity contribution < 1.29 is 28.3 Å². The highest BCUT2D eigenvalue weighted by atomic mass is 32.2. The molecule has 0 saturated carbocycles. The predicted octanol–water partition coefficient (Wildman–Crippen LogP) is 9.52. The summed E-state index contributed by atoms with van der Waals surface area (Å²) in [7, 11) is -3.34. The van der Waals surface area contributed by atoms with Crippen molar-refractivity contribution in [2.45, 2.75) is 148 Å². The fourth-order valence-electron chi connectivity index (χ4n) is 4.13. The van der Waals surface area contributed by atoms with Crippen molar-refractivity contribution in [1.82, 2.24) is 0 Å². The van der Waals surface area contributed by atoms with Crippen LogP contribution in [-0.4, -0.2) is 48.0 Å². The Bertz CT molecular complexity index is 548. The van der Waals surface area contributed by atoms with E-state index in [1.807, 2.05) is 0 Å². The highest BCUT2D eigenvalue weighted by molar-refractivity contribution is 7.99. The van der Waals surface area contributed by atoms with Gasteiger partial charge in [-0.25, -0.2) is 9.36 Å². The second-order valence-electron chi connectivity index (χ2n) is 9.99. The number of rotatable bonds is 27. The van der Waals surface area contributed by atoms with Gasteiger partial charge in [0.15, 0.2) is 0 Å². The topological polar surface area (TPSA) is 82.1 Å². The summed E-state index contributed by atoms with van der Waals surface area (Å²) in [6, 6.07) is 0. The maximum Gasteiger partial charge on any atom is 0.435 e. The lowest BCUT2D eigenvalue weighted by atomic mass is 10.1. The molecule has 6 nitrogen and oxygen atoms in total. The van der Waals surface area contributed by atoms with Gasteiger partial charge in [0.1, 0.15) is 0 Å². The molecule has 0 bridgehead atoms. The summed E-state index contributed by atoms with van der Waals surface area (Å²) >= 11 is 2.09. The second-order valence-corrected chi connectivity index (χ2v) is 13.1. The number of hydrogen-bond donors (Lipinski definition) is 1. The largest absolute Gasteiger partial charge is 0.460 e. The molecule has 36 heavy (non-hydrogen) atoms. The fourth-order valence-corrected chi connectivity index (χ4v) is 6.17. The van der Waals surface area contributed by atoms with Gasteiger partial charge in [-0.15, -0.1) is 0 Å². The van der Waals surface area contributed by atoms with Crippen molar-refractivity contribution in [3.05, 3.63) is 0 Å². The van der Waals surface area contributed by atoms with Gasteiger partial charge < -0.3 is 14.4 Å². The Morgan fingerprint density at radius 1 is 0.806 bits per heavy atom. The van der Waals surface area contributed by atoms with Crippen LogP contribution in [0.3, 0.4) is 0 Å². The molecule has 0 saturated heterocycles. The van der Waals surface area contributed by atoms with Crippen LogP contribution in [0.25, 0.3) is 0 Å². The summed E-state index contributed by atoms with van der Waals surface area (Å²) in [6.07, 6.45) is 23.3. The van der Waals surface area contributed by atoms with Gasteiger partial charge in [0, 0.05) is 11.9 Å². The van der Waals surface area contributed by atoms with E-state index in [4.69, 9.17) is 9.26 Å². The molecule has 0 rings (SSSR count). The quantitative estimate of drug-likeness (QED) is 0.0802. The Hall–Kier alpha value is -0.0700. The van der Waals surface area contributed by atoms with E-state index in [-0.39, 0.29) is 12.7 Å². The van der Waals surface area contributed by atoms with E-state index in [2.05, 4.69) is 30.3 Å². The molecule has 0 aromatic heterocycles. The number of carbonyl (C=O) groups is 1. The molecule has 8 heteroatoms. The van der Waals surface area contributed by atoms with Crippen LogP contribution in [0.5, 0.6) is 0 Å². The molecule has 3 unspecified atom stereocenters. The van der Waals surface area contributed by atoms with Gasteiger partial charge >= 0.3 is 13.3 Å². The smallest absolute Gasteiger partial charge is 0.435 e. The van der Waals surface area contributed by atoms with E-state index in [0.717, 1.165) is 13.5 Å². The lowest BCUT2D eigenvalue weighted by molar-refractivity contribution is 0.0277. The monoisotopic (exact) mass is 552 g/mol. The first-order valence-electron chi connectivity index (χ1n) is 14.7. The minimum atomic E-state index is -4.40. The highest BCUT2D eigenvalue weighted by Crippen LogP contribution is 2.43. The zero-order chi connectivity index (χ0) is 26.9. The molecule has 216 valence electrons. The van der Waals surface area contributed by atoms with E-state index >= 15 is 0 Å². The SMILES string of the molecule is CCCCCCCCCCCCSC(CCCCCCCC)CCOC(C)COP(=O)(O)C(=O)OC. The lowest BCUT2D eigenvalue weighted by Crippen LogP contribution is -2.19. The Balaban J connectivity index is 4.15. The summed E-state index contributed by atoms with van der Waals surface area (Å²) in [5.74, 6) is 1.21. The first kappa shape index (κ1) is 35.9. The second kappa shape index (κ2) is 25.2. The van der Waals surface area contributed by atoms with Crippen LogP contribution in [-0.2, 0) is 18.6 Å². The molecule has 0 aliphatic heterocycles. The van der Waals surface area contributed by atoms with Gasteiger partial charge in [0.25, 0.3) is 0 Å². The Morgan fingerprint density at radius 2 is 1.31 bits per heavy atom. The maximum absolute atomic E-state index is 11.7. The van der Waals surface area contributed by atoms with Crippen molar-refractivity contribution in [2.75, 3.05) is 26.1 Å².